The molecule has 0 unspecified atom stereocenters. The van der Waals surface area contributed by atoms with Crippen molar-refractivity contribution in [3.8, 4) is 0 Å². The molecular weight excluding hydrogens is 291 g/mol. The van der Waals surface area contributed by atoms with E-state index in [2.05, 4.69) is 6.58 Å². The van der Waals surface area contributed by atoms with E-state index in [9.17, 15) is 8.42 Å². The average Bonchev–Trinajstić information content (AvgIpc) is 2.52. The second-order valence-corrected chi connectivity index (χ2v) is 6.25. The average molecular weight is 306 g/mol. The monoisotopic (exact) mass is 306 g/mol. The van der Waals surface area contributed by atoms with Crippen molar-refractivity contribution in [3.05, 3.63) is 67.3 Å². The van der Waals surface area contributed by atoms with Gasteiger partial charge in [-0.05, 0) is 22.2 Å². The van der Waals surface area contributed by atoms with Crippen LogP contribution in [0.15, 0.2) is 72.1 Å². The van der Waals surface area contributed by atoms with Gasteiger partial charge in [0.05, 0.1) is 6.61 Å². The van der Waals surface area contributed by atoms with Gasteiger partial charge in [0, 0.05) is 5.39 Å². The summed E-state index contributed by atoms with van der Waals surface area (Å²) < 4.78 is 29.5. The molecule has 3 aromatic rings. The molecule has 0 aromatic heterocycles. The van der Waals surface area contributed by atoms with E-state index in [0.29, 0.717) is 5.39 Å². The van der Waals surface area contributed by atoms with Gasteiger partial charge in [0.25, 0.3) is 10.1 Å². The molecule has 0 N–H and O–H groups in total. The molecule has 0 saturated carbocycles. The van der Waals surface area contributed by atoms with Crippen LogP contribution in [0.5, 0.6) is 0 Å². The molecule has 5 heteroatoms. The number of hydrogen-bond donors (Lipinski definition) is 0. The van der Waals surface area contributed by atoms with Crippen LogP contribution in [0.3, 0.4) is 0 Å². The van der Waals surface area contributed by atoms with Crippen molar-refractivity contribution < 1.29 is 32.9 Å². The van der Waals surface area contributed by atoms with E-state index in [4.69, 9.17) is 4.18 Å². The van der Waals surface area contributed by atoms with Crippen molar-refractivity contribution in [1.29, 1.82) is 0 Å². The smallest absolute Gasteiger partial charge is 1.00 e. The van der Waals surface area contributed by atoms with Crippen LogP contribution < -0.4 is 18.9 Å². The Morgan fingerprint density at radius 2 is 1.68 bits per heavy atom. The summed E-state index contributed by atoms with van der Waals surface area (Å²) in [5.41, 5.74) is 0. The summed E-state index contributed by atoms with van der Waals surface area (Å²) in [4.78, 5) is 0.188. The Balaban J connectivity index is 0.00000132. The largest absolute Gasteiger partial charge is 1.00 e. The molecule has 0 heterocycles. The quantitative estimate of drug-likeness (QED) is 0.313. The van der Waals surface area contributed by atoms with Crippen molar-refractivity contribution in [3.63, 3.8) is 0 Å². The molecule has 3 nitrogen and oxygen atoms in total. The van der Waals surface area contributed by atoms with Gasteiger partial charge in [-0.2, -0.15) is 8.42 Å². The summed E-state index contributed by atoms with van der Waals surface area (Å²) in [7, 11) is -3.79. The van der Waals surface area contributed by atoms with Crippen molar-refractivity contribution in [2.45, 2.75) is 4.90 Å². The van der Waals surface area contributed by atoms with E-state index in [0.717, 1.165) is 16.2 Å². The van der Waals surface area contributed by atoms with Crippen molar-refractivity contribution in [1.82, 2.24) is 0 Å². The zero-order chi connectivity index (χ0) is 14.9. The van der Waals surface area contributed by atoms with E-state index < -0.39 is 10.1 Å². The molecule has 0 aliphatic rings. The van der Waals surface area contributed by atoms with Crippen LogP contribution >= 0.6 is 0 Å². The number of rotatable bonds is 4. The maximum atomic E-state index is 12.3. The first-order chi connectivity index (χ1) is 10.1. The van der Waals surface area contributed by atoms with Gasteiger partial charge >= 0.3 is 18.9 Å². The Kier molecular flexibility index (Phi) is 5.10. The molecule has 3 rings (SSSR count). The van der Waals surface area contributed by atoms with Gasteiger partial charge in [-0.15, -0.1) is 6.58 Å². The van der Waals surface area contributed by atoms with Gasteiger partial charge in [-0.3, -0.25) is 4.18 Å². The summed E-state index contributed by atoms with van der Waals surface area (Å²) in [5.74, 6) is 0. The minimum atomic E-state index is -3.79. The summed E-state index contributed by atoms with van der Waals surface area (Å²) in [6.45, 7) is 3.44. The number of hydrogen-bond acceptors (Lipinski definition) is 3. The number of fused-ring (bicyclic) bond motifs is 3. The molecule has 0 fully saturated rings. The second kappa shape index (κ2) is 6.68. The molecule has 22 heavy (non-hydrogen) atoms. The Labute approximate surface area is 143 Å². The van der Waals surface area contributed by atoms with Crippen molar-refractivity contribution in [2.24, 2.45) is 0 Å². The number of benzene rings is 3. The van der Waals surface area contributed by atoms with Crippen LogP contribution in [-0.4, -0.2) is 15.0 Å². The van der Waals surface area contributed by atoms with E-state index in [1.54, 1.807) is 12.1 Å². The third-order valence-corrected chi connectivity index (χ3v) is 4.70. The third kappa shape index (κ3) is 2.97. The van der Waals surface area contributed by atoms with Gasteiger partial charge in [0.15, 0.2) is 0 Å². The molecule has 0 radical (unpaired) electrons. The summed E-state index contributed by atoms with van der Waals surface area (Å²) in [5, 5.41) is 3.67. The molecular formula is C17H15LiO3S. The first-order valence-corrected chi connectivity index (χ1v) is 7.95. The minimum absolute atomic E-state index is 0. The standard InChI is InChI=1S/C17H14O3S.Li.H/c1-2-12-20-21(18,19)17-9-5-8-15-14-7-4-3-6-13(14)10-11-16(15)17;;/h2-11H,1,12H2;;/q;+1;-1. The van der Waals surface area contributed by atoms with Gasteiger partial charge < -0.3 is 1.43 Å². The predicted molar refractivity (Wildman–Crippen MR) is 85.9 cm³/mol. The third-order valence-electron chi connectivity index (χ3n) is 3.36. The zero-order valence-corrected chi connectivity index (χ0v) is 13.1. The molecule has 0 aliphatic heterocycles. The molecule has 0 bridgehead atoms. The van der Waals surface area contributed by atoms with Gasteiger partial charge in [0.1, 0.15) is 4.90 Å². The maximum Gasteiger partial charge on any atom is 1.00 e. The summed E-state index contributed by atoms with van der Waals surface area (Å²) in [6, 6.07) is 16.9. The maximum absolute atomic E-state index is 12.3. The van der Waals surface area contributed by atoms with Crippen molar-refractivity contribution >= 4 is 31.7 Å². The fourth-order valence-electron chi connectivity index (χ4n) is 2.43. The topological polar surface area (TPSA) is 43.4 Å². The Morgan fingerprint density at radius 1 is 0.955 bits per heavy atom. The summed E-state index contributed by atoms with van der Waals surface area (Å²) in [6.07, 6.45) is 1.41. The second-order valence-electron chi connectivity index (χ2n) is 4.67. The molecule has 0 atom stereocenters. The fourth-order valence-corrected chi connectivity index (χ4v) is 3.53. The van der Waals surface area contributed by atoms with Crippen molar-refractivity contribution in [2.75, 3.05) is 6.61 Å². The van der Waals surface area contributed by atoms with Crippen LogP contribution in [-0.2, 0) is 14.3 Å². The minimum Gasteiger partial charge on any atom is -1.00 e. The Morgan fingerprint density at radius 3 is 2.45 bits per heavy atom. The van der Waals surface area contributed by atoms with Crippen LogP contribution in [0.25, 0.3) is 21.5 Å². The molecule has 0 saturated heterocycles. The summed E-state index contributed by atoms with van der Waals surface area (Å²) >= 11 is 0. The normalized spacial score (nSPS) is 11.3. The van der Waals surface area contributed by atoms with Gasteiger partial charge in [-0.25, -0.2) is 0 Å². The van der Waals surface area contributed by atoms with E-state index in [1.165, 1.54) is 6.08 Å². The fraction of sp³-hybridized carbons (Fsp3) is 0.0588. The van der Waals surface area contributed by atoms with E-state index >= 15 is 0 Å². The first kappa shape index (κ1) is 16.8. The van der Waals surface area contributed by atoms with Crippen LogP contribution in [0, 0.1) is 0 Å². The molecule has 0 amide bonds. The molecule has 108 valence electrons. The molecule has 0 aliphatic carbocycles. The van der Waals surface area contributed by atoms with Crippen LogP contribution in [0.2, 0.25) is 0 Å². The van der Waals surface area contributed by atoms with E-state index in [1.807, 2.05) is 42.5 Å². The first-order valence-electron chi connectivity index (χ1n) is 6.54. The molecule has 0 spiro atoms. The van der Waals surface area contributed by atoms with Gasteiger partial charge in [-0.1, -0.05) is 54.6 Å². The van der Waals surface area contributed by atoms with E-state index in [-0.39, 0.29) is 31.8 Å². The van der Waals surface area contributed by atoms with Crippen LogP contribution in [0.4, 0.5) is 0 Å². The SMILES string of the molecule is C=CCOS(=O)(=O)c1cccc2c1ccc1ccccc12.[H-].[Li+]. The molecule has 3 aromatic carbocycles. The van der Waals surface area contributed by atoms with Crippen LogP contribution in [0.1, 0.15) is 1.43 Å². The Bertz CT molecular complexity index is 939. The predicted octanol–water partition coefficient (Wildman–Crippen LogP) is 1.00. The zero-order valence-electron chi connectivity index (χ0n) is 13.3. The Hall–Kier alpha value is -1.57. The van der Waals surface area contributed by atoms with Gasteiger partial charge in [0.2, 0.25) is 0 Å².